The Hall–Kier alpha value is -3.29. The highest BCUT2D eigenvalue weighted by molar-refractivity contribution is 5.41. The summed E-state index contributed by atoms with van der Waals surface area (Å²) in [5.41, 5.74) is 0.224. The molecular formula is C15H11FN4O3. The van der Waals surface area contributed by atoms with E-state index in [-0.39, 0.29) is 29.8 Å². The van der Waals surface area contributed by atoms with E-state index in [1.165, 1.54) is 35.1 Å². The number of nitro groups is 1. The summed E-state index contributed by atoms with van der Waals surface area (Å²) in [7, 11) is 0. The Balaban J connectivity index is 1.78. The van der Waals surface area contributed by atoms with Crippen molar-refractivity contribution in [1.82, 2.24) is 14.8 Å². The molecule has 0 bridgehead atoms. The van der Waals surface area contributed by atoms with Gasteiger partial charge in [-0.25, -0.2) is 9.37 Å². The fraction of sp³-hybridized carbons (Fsp3) is 0.0667. The summed E-state index contributed by atoms with van der Waals surface area (Å²) in [6.07, 6.45) is 2.98. The lowest BCUT2D eigenvalue weighted by atomic mass is 10.2. The third kappa shape index (κ3) is 3.31. The van der Waals surface area contributed by atoms with Crippen molar-refractivity contribution in [2.24, 2.45) is 0 Å². The third-order valence-corrected chi connectivity index (χ3v) is 3.06. The first kappa shape index (κ1) is 14.6. The van der Waals surface area contributed by atoms with E-state index < -0.39 is 4.92 Å². The molecule has 0 aliphatic rings. The molecule has 116 valence electrons. The van der Waals surface area contributed by atoms with Crippen LogP contribution in [0.3, 0.4) is 0 Å². The van der Waals surface area contributed by atoms with E-state index in [9.17, 15) is 14.5 Å². The van der Waals surface area contributed by atoms with Crippen LogP contribution in [0.15, 0.2) is 54.9 Å². The van der Waals surface area contributed by atoms with Gasteiger partial charge in [0.2, 0.25) is 5.88 Å². The highest BCUT2D eigenvalue weighted by Gasteiger charge is 2.17. The van der Waals surface area contributed by atoms with Crippen molar-refractivity contribution >= 4 is 5.69 Å². The second-order valence-electron chi connectivity index (χ2n) is 4.63. The van der Waals surface area contributed by atoms with Crippen LogP contribution in [0.4, 0.5) is 10.1 Å². The molecule has 0 fully saturated rings. The lowest BCUT2D eigenvalue weighted by molar-refractivity contribution is -0.386. The lowest BCUT2D eigenvalue weighted by Gasteiger charge is -2.03. The summed E-state index contributed by atoms with van der Waals surface area (Å²) < 4.78 is 20.4. The molecule has 3 rings (SSSR count). The molecule has 0 spiro atoms. The van der Waals surface area contributed by atoms with Gasteiger partial charge in [-0.1, -0.05) is 18.2 Å². The molecular weight excluding hydrogens is 303 g/mol. The molecule has 0 saturated carbocycles. The highest BCUT2D eigenvalue weighted by atomic mass is 19.1. The monoisotopic (exact) mass is 314 g/mol. The molecule has 8 heteroatoms. The zero-order valence-electron chi connectivity index (χ0n) is 11.8. The van der Waals surface area contributed by atoms with Crippen molar-refractivity contribution in [3.8, 4) is 11.8 Å². The molecule has 0 saturated heterocycles. The maximum atomic E-state index is 13.6. The number of aromatic nitrogens is 3. The van der Waals surface area contributed by atoms with Gasteiger partial charge in [-0.3, -0.25) is 14.8 Å². The van der Waals surface area contributed by atoms with E-state index >= 15 is 0 Å². The molecule has 2 aromatic heterocycles. The van der Waals surface area contributed by atoms with E-state index in [0.717, 1.165) is 0 Å². The van der Waals surface area contributed by atoms with Crippen LogP contribution in [-0.2, 0) is 6.54 Å². The molecule has 0 aliphatic heterocycles. The minimum atomic E-state index is -0.585. The maximum Gasteiger partial charge on any atom is 0.331 e. The van der Waals surface area contributed by atoms with E-state index in [4.69, 9.17) is 4.74 Å². The second kappa shape index (κ2) is 6.22. The number of ether oxygens (including phenoxy) is 1. The lowest BCUT2D eigenvalue weighted by Crippen LogP contribution is -2.03. The molecule has 0 aliphatic carbocycles. The summed E-state index contributed by atoms with van der Waals surface area (Å²) in [4.78, 5) is 14.2. The Morgan fingerprint density at radius 1 is 1.22 bits per heavy atom. The SMILES string of the molecule is O=[N+]([O-])c1cccnc1Oc1ccn(Cc2ccccc2F)n1. The van der Waals surface area contributed by atoms with E-state index in [0.29, 0.717) is 5.56 Å². The van der Waals surface area contributed by atoms with Crippen LogP contribution in [0.25, 0.3) is 0 Å². The van der Waals surface area contributed by atoms with Crippen LogP contribution < -0.4 is 4.74 Å². The Bertz CT molecular complexity index is 850. The smallest absolute Gasteiger partial charge is 0.331 e. The quantitative estimate of drug-likeness (QED) is 0.533. The van der Waals surface area contributed by atoms with Gasteiger partial charge in [-0.15, -0.1) is 5.10 Å². The zero-order valence-corrected chi connectivity index (χ0v) is 11.8. The van der Waals surface area contributed by atoms with Gasteiger partial charge in [-0.05, 0) is 12.1 Å². The molecule has 3 aromatic rings. The van der Waals surface area contributed by atoms with Crippen molar-refractivity contribution in [2.45, 2.75) is 6.54 Å². The van der Waals surface area contributed by atoms with E-state index in [1.807, 2.05) is 0 Å². The predicted octanol–water partition coefficient (Wildman–Crippen LogP) is 3.17. The molecule has 0 unspecified atom stereocenters. The molecule has 0 radical (unpaired) electrons. The van der Waals surface area contributed by atoms with Gasteiger partial charge >= 0.3 is 11.6 Å². The number of hydrogen-bond acceptors (Lipinski definition) is 5. The number of halogens is 1. The minimum absolute atomic E-state index is 0.142. The average molecular weight is 314 g/mol. The van der Waals surface area contributed by atoms with E-state index in [1.54, 1.807) is 24.4 Å². The molecule has 7 nitrogen and oxygen atoms in total. The van der Waals surface area contributed by atoms with Crippen molar-refractivity contribution < 1.29 is 14.1 Å². The van der Waals surface area contributed by atoms with Crippen molar-refractivity contribution in [1.29, 1.82) is 0 Å². The fourth-order valence-electron chi connectivity index (χ4n) is 1.99. The number of benzene rings is 1. The maximum absolute atomic E-state index is 13.6. The number of hydrogen-bond donors (Lipinski definition) is 0. The predicted molar refractivity (Wildman–Crippen MR) is 78.7 cm³/mol. The summed E-state index contributed by atoms with van der Waals surface area (Å²) in [5, 5.41) is 15.0. The van der Waals surface area contributed by atoms with Gasteiger partial charge in [0, 0.05) is 30.1 Å². The average Bonchev–Trinajstić information content (AvgIpc) is 2.97. The van der Waals surface area contributed by atoms with Crippen LogP contribution in [0.1, 0.15) is 5.56 Å². The van der Waals surface area contributed by atoms with Crippen LogP contribution in [0.2, 0.25) is 0 Å². The first-order chi connectivity index (χ1) is 11.1. The van der Waals surface area contributed by atoms with Gasteiger partial charge < -0.3 is 4.74 Å². The summed E-state index contributed by atoms with van der Waals surface area (Å²) in [6, 6.07) is 10.6. The number of pyridine rings is 1. The van der Waals surface area contributed by atoms with Gasteiger partial charge in [0.1, 0.15) is 5.82 Å². The topological polar surface area (TPSA) is 83.1 Å². The Labute approximate surface area is 130 Å². The van der Waals surface area contributed by atoms with Gasteiger partial charge in [-0.2, -0.15) is 0 Å². The Morgan fingerprint density at radius 2 is 2.04 bits per heavy atom. The van der Waals surface area contributed by atoms with Crippen LogP contribution in [0.5, 0.6) is 11.8 Å². The van der Waals surface area contributed by atoms with Crippen molar-refractivity contribution in [2.75, 3.05) is 0 Å². The zero-order chi connectivity index (χ0) is 16.2. The number of rotatable bonds is 5. The van der Waals surface area contributed by atoms with Crippen LogP contribution >= 0.6 is 0 Å². The molecule has 1 aromatic carbocycles. The molecule has 0 N–H and O–H groups in total. The van der Waals surface area contributed by atoms with Crippen LogP contribution in [0, 0.1) is 15.9 Å². The van der Waals surface area contributed by atoms with Crippen molar-refractivity contribution in [3.05, 3.63) is 76.4 Å². The van der Waals surface area contributed by atoms with Crippen LogP contribution in [-0.4, -0.2) is 19.7 Å². The number of nitrogens with zero attached hydrogens (tertiary/aromatic N) is 4. The van der Waals surface area contributed by atoms with Gasteiger partial charge in [0.25, 0.3) is 0 Å². The second-order valence-corrected chi connectivity index (χ2v) is 4.63. The summed E-state index contributed by atoms with van der Waals surface area (Å²) in [6.45, 7) is 0.223. The third-order valence-electron chi connectivity index (χ3n) is 3.06. The van der Waals surface area contributed by atoms with Gasteiger partial charge in [0.15, 0.2) is 0 Å². The standard InChI is InChI=1S/C15H11FN4O3/c16-12-5-2-1-4-11(12)10-19-9-7-14(18-19)23-15-13(20(21)22)6-3-8-17-15/h1-9H,10H2. The minimum Gasteiger partial charge on any atom is -0.413 e. The first-order valence-corrected chi connectivity index (χ1v) is 6.67. The van der Waals surface area contributed by atoms with E-state index in [2.05, 4.69) is 10.1 Å². The summed E-state index contributed by atoms with van der Waals surface area (Å²) in [5.74, 6) is -0.331. The largest absolute Gasteiger partial charge is 0.413 e. The Kier molecular flexibility index (Phi) is 3.96. The van der Waals surface area contributed by atoms with Gasteiger partial charge in [0.05, 0.1) is 11.5 Å². The molecule has 0 atom stereocenters. The molecule has 23 heavy (non-hydrogen) atoms. The summed E-state index contributed by atoms with van der Waals surface area (Å²) >= 11 is 0. The van der Waals surface area contributed by atoms with Crippen molar-refractivity contribution in [3.63, 3.8) is 0 Å². The normalized spacial score (nSPS) is 10.5. The molecule has 2 heterocycles. The first-order valence-electron chi connectivity index (χ1n) is 6.67. The Morgan fingerprint density at radius 3 is 2.83 bits per heavy atom. The fourth-order valence-corrected chi connectivity index (χ4v) is 1.99. The highest BCUT2D eigenvalue weighted by Crippen LogP contribution is 2.27. The molecule has 0 amide bonds.